The molecule has 2 aromatic heterocycles. The molecule has 1 unspecified atom stereocenters. The van der Waals surface area contributed by atoms with Crippen LogP contribution in [0.4, 0.5) is 13.2 Å². The van der Waals surface area contributed by atoms with Crippen LogP contribution in [-0.4, -0.2) is 49.3 Å². The Morgan fingerprint density at radius 3 is 2.60 bits per heavy atom. The van der Waals surface area contributed by atoms with E-state index in [0.29, 0.717) is 60.6 Å². The molecule has 10 heteroatoms. The molecule has 7 nitrogen and oxygen atoms in total. The van der Waals surface area contributed by atoms with Crippen molar-refractivity contribution >= 4 is 22.5 Å². The molecule has 7 rings (SSSR count). The highest BCUT2D eigenvalue weighted by Crippen LogP contribution is 2.46. The molecule has 2 aromatic carbocycles. The first-order valence-electron chi connectivity index (χ1n) is 14.3. The van der Waals surface area contributed by atoms with Crippen molar-refractivity contribution < 1.29 is 22.8 Å². The average molecular weight is 574 g/mol. The lowest BCUT2D eigenvalue weighted by atomic mass is 9.67. The first kappa shape index (κ1) is 26.9. The fourth-order valence-electron chi connectivity index (χ4n) is 7.07. The molecular formula is C32H30F3N5O2. The molecule has 1 spiro atoms. The van der Waals surface area contributed by atoms with Crippen LogP contribution in [0.15, 0.2) is 42.6 Å². The van der Waals surface area contributed by atoms with Gasteiger partial charge in [-0.25, -0.2) is 9.97 Å². The topological polar surface area (TPSA) is 81.0 Å². The van der Waals surface area contributed by atoms with Crippen LogP contribution in [-0.2, 0) is 24.1 Å². The number of benzene rings is 2. The molecule has 1 aliphatic carbocycles. The summed E-state index contributed by atoms with van der Waals surface area (Å²) in [6, 6.07) is 9.20. The normalized spacial score (nSPS) is 20.4. The second kappa shape index (κ2) is 9.55. The minimum Gasteiger partial charge on any atom is -0.300 e. The van der Waals surface area contributed by atoms with E-state index in [9.17, 15) is 22.8 Å². The van der Waals surface area contributed by atoms with Crippen molar-refractivity contribution in [2.75, 3.05) is 13.1 Å². The summed E-state index contributed by atoms with van der Waals surface area (Å²) in [5.41, 5.74) is 5.02. The standard InChI is InChI=1S/C32H30F3N5O2/c1-18-11-20(30-36-15-21-12-22(32(33,34)35)4-6-26(21)37-30)3-5-24(18)25-7-9-40-28(29(25)42)19(2)27(38-40)16-39-10-8-31(17-39)13-23(41)14-31/h3-6,11-12,15,25H,7-10,13-14,16-17H2,1-2H3. The van der Waals surface area contributed by atoms with Gasteiger partial charge < -0.3 is 0 Å². The Morgan fingerprint density at radius 2 is 1.86 bits per heavy atom. The summed E-state index contributed by atoms with van der Waals surface area (Å²) >= 11 is 0. The summed E-state index contributed by atoms with van der Waals surface area (Å²) in [5.74, 6) is 0.556. The third-order valence-electron chi connectivity index (χ3n) is 9.31. The first-order valence-corrected chi connectivity index (χ1v) is 14.3. The number of alkyl halides is 3. The Morgan fingerprint density at radius 1 is 1.05 bits per heavy atom. The second-order valence-corrected chi connectivity index (χ2v) is 12.2. The minimum absolute atomic E-state index is 0.0678. The Bertz CT molecular complexity index is 1770. The lowest BCUT2D eigenvalue weighted by molar-refractivity contribution is -0.137. The zero-order valence-corrected chi connectivity index (χ0v) is 23.5. The molecule has 4 heterocycles. The molecule has 3 aliphatic rings. The van der Waals surface area contributed by atoms with E-state index in [1.807, 2.05) is 36.7 Å². The quantitative estimate of drug-likeness (QED) is 0.296. The predicted molar refractivity (Wildman–Crippen MR) is 150 cm³/mol. The lowest BCUT2D eigenvalue weighted by Gasteiger charge is -2.36. The van der Waals surface area contributed by atoms with Gasteiger partial charge in [0.2, 0.25) is 0 Å². The molecule has 0 N–H and O–H groups in total. The van der Waals surface area contributed by atoms with Gasteiger partial charge in [-0.3, -0.25) is 19.2 Å². The zero-order valence-electron chi connectivity index (χ0n) is 23.5. The molecule has 2 fully saturated rings. The maximum Gasteiger partial charge on any atom is 0.416 e. The number of aromatic nitrogens is 4. The number of carbonyl (C=O) groups excluding carboxylic acids is 2. The summed E-state index contributed by atoms with van der Waals surface area (Å²) in [4.78, 5) is 36.6. The Balaban J connectivity index is 1.10. The van der Waals surface area contributed by atoms with Gasteiger partial charge in [0.05, 0.1) is 22.7 Å². The van der Waals surface area contributed by atoms with Crippen LogP contribution in [0, 0.1) is 19.3 Å². The number of hydrogen-bond acceptors (Lipinski definition) is 6. The van der Waals surface area contributed by atoms with Crippen LogP contribution in [0.5, 0.6) is 0 Å². The molecule has 0 amide bonds. The predicted octanol–water partition coefficient (Wildman–Crippen LogP) is 6.05. The van der Waals surface area contributed by atoms with Gasteiger partial charge >= 0.3 is 6.18 Å². The molecular weight excluding hydrogens is 543 g/mol. The second-order valence-electron chi connectivity index (χ2n) is 12.2. The number of aryl methyl sites for hydroxylation is 2. The van der Waals surface area contributed by atoms with E-state index in [1.54, 1.807) is 0 Å². The highest BCUT2D eigenvalue weighted by molar-refractivity contribution is 6.01. The Labute approximate surface area is 240 Å². The lowest BCUT2D eigenvalue weighted by Crippen LogP contribution is -2.39. The summed E-state index contributed by atoms with van der Waals surface area (Å²) < 4.78 is 41.1. The third kappa shape index (κ3) is 4.52. The summed E-state index contributed by atoms with van der Waals surface area (Å²) in [7, 11) is 0. The highest BCUT2D eigenvalue weighted by atomic mass is 19.4. The van der Waals surface area contributed by atoms with Crippen LogP contribution >= 0.6 is 0 Å². The third-order valence-corrected chi connectivity index (χ3v) is 9.31. The molecule has 42 heavy (non-hydrogen) atoms. The van der Waals surface area contributed by atoms with Gasteiger partial charge in [-0.05, 0) is 74.0 Å². The molecule has 1 saturated carbocycles. The van der Waals surface area contributed by atoms with Gasteiger partial charge in [-0.15, -0.1) is 0 Å². The van der Waals surface area contributed by atoms with Crippen molar-refractivity contribution in [2.24, 2.45) is 5.41 Å². The van der Waals surface area contributed by atoms with Crippen molar-refractivity contribution in [3.05, 3.63) is 76.2 Å². The van der Waals surface area contributed by atoms with Gasteiger partial charge in [-0.2, -0.15) is 18.3 Å². The van der Waals surface area contributed by atoms with E-state index >= 15 is 0 Å². The maximum absolute atomic E-state index is 13.8. The van der Waals surface area contributed by atoms with E-state index in [1.165, 1.54) is 12.3 Å². The number of fused-ring (bicyclic) bond motifs is 2. The van der Waals surface area contributed by atoms with Crippen LogP contribution in [0.1, 0.15) is 70.0 Å². The molecule has 0 radical (unpaired) electrons. The number of hydrogen-bond donors (Lipinski definition) is 0. The number of nitrogens with zero attached hydrogens (tertiary/aromatic N) is 5. The van der Waals surface area contributed by atoms with E-state index < -0.39 is 11.7 Å². The molecule has 4 aromatic rings. The number of rotatable bonds is 4. The van der Waals surface area contributed by atoms with Gasteiger partial charge in [0.25, 0.3) is 0 Å². The smallest absolute Gasteiger partial charge is 0.300 e. The molecule has 1 atom stereocenters. The van der Waals surface area contributed by atoms with E-state index in [4.69, 9.17) is 5.10 Å². The monoisotopic (exact) mass is 573 g/mol. The summed E-state index contributed by atoms with van der Waals surface area (Å²) in [6.07, 6.45) is 0.0622. The number of likely N-dealkylation sites (tertiary alicyclic amines) is 1. The van der Waals surface area contributed by atoms with E-state index in [-0.39, 0.29) is 17.1 Å². The summed E-state index contributed by atoms with van der Waals surface area (Å²) in [5, 5.41) is 5.15. The Kier molecular flexibility index (Phi) is 6.13. The molecule has 0 bridgehead atoms. The molecule has 216 valence electrons. The van der Waals surface area contributed by atoms with Crippen molar-refractivity contribution in [3.63, 3.8) is 0 Å². The maximum atomic E-state index is 13.8. The largest absolute Gasteiger partial charge is 0.416 e. The van der Waals surface area contributed by atoms with Crippen molar-refractivity contribution in [1.82, 2.24) is 24.6 Å². The van der Waals surface area contributed by atoms with E-state index in [0.717, 1.165) is 59.6 Å². The van der Waals surface area contributed by atoms with E-state index in [2.05, 4.69) is 14.9 Å². The van der Waals surface area contributed by atoms with Crippen LogP contribution in [0.3, 0.4) is 0 Å². The number of halogens is 3. The number of Topliss-reactive ketones (excluding diaryl/α,β-unsaturated/α-hetero) is 2. The van der Waals surface area contributed by atoms with Crippen molar-refractivity contribution in [2.45, 2.75) is 64.7 Å². The minimum atomic E-state index is -4.43. The SMILES string of the molecule is Cc1cc(-c2ncc3cc(C(F)(F)F)ccc3n2)ccc1C1CCn2nc(CN3CCC4(CC(=O)C4)C3)c(C)c2C1=O. The number of carbonyl (C=O) groups is 2. The Hall–Kier alpha value is -3.92. The van der Waals surface area contributed by atoms with Gasteiger partial charge in [0.15, 0.2) is 11.6 Å². The van der Waals surface area contributed by atoms with Crippen LogP contribution in [0.25, 0.3) is 22.3 Å². The summed E-state index contributed by atoms with van der Waals surface area (Å²) in [6.45, 7) is 7.15. The van der Waals surface area contributed by atoms with Gasteiger partial charge in [0.1, 0.15) is 11.5 Å². The average Bonchev–Trinajstić information content (AvgIpc) is 3.49. The molecule has 1 saturated heterocycles. The van der Waals surface area contributed by atoms with Gasteiger partial charge in [0, 0.05) is 55.2 Å². The van der Waals surface area contributed by atoms with Crippen molar-refractivity contribution in [1.29, 1.82) is 0 Å². The van der Waals surface area contributed by atoms with Crippen molar-refractivity contribution in [3.8, 4) is 11.4 Å². The zero-order chi connectivity index (χ0) is 29.4. The van der Waals surface area contributed by atoms with Crippen LogP contribution < -0.4 is 0 Å². The highest BCUT2D eigenvalue weighted by Gasteiger charge is 2.48. The van der Waals surface area contributed by atoms with Gasteiger partial charge in [-0.1, -0.05) is 12.1 Å². The fraction of sp³-hybridized carbons (Fsp3) is 0.406. The fourth-order valence-corrected chi connectivity index (χ4v) is 7.07. The molecule has 2 aliphatic heterocycles. The van der Waals surface area contributed by atoms with Crippen LogP contribution in [0.2, 0.25) is 0 Å². The first-order chi connectivity index (χ1) is 20.0. The number of ketones is 2.